The van der Waals surface area contributed by atoms with Crippen LogP contribution in [0.15, 0.2) is 16.7 Å². The summed E-state index contributed by atoms with van der Waals surface area (Å²) in [4.78, 5) is 6.30. The average Bonchev–Trinajstić information content (AvgIpc) is 1.85. The molecule has 0 aromatic carbocycles. The Morgan fingerprint density at radius 3 is 2.55 bits per heavy atom. The van der Waals surface area contributed by atoms with E-state index < -0.39 is 0 Å². The molecule has 60 valence electrons. The SMILES string of the molecule is CN(C)c1ccc(Br)nc1I. The summed E-state index contributed by atoms with van der Waals surface area (Å²) < 4.78 is 1.90. The van der Waals surface area contributed by atoms with E-state index in [1.807, 2.05) is 31.1 Å². The van der Waals surface area contributed by atoms with Crippen molar-refractivity contribution in [1.82, 2.24) is 4.98 Å². The standard InChI is InChI=1S/C7H8BrIN2/c1-11(2)5-3-4-6(8)10-7(5)9/h3-4H,1-2H3. The first-order chi connectivity index (χ1) is 5.11. The topological polar surface area (TPSA) is 16.1 Å². The van der Waals surface area contributed by atoms with Crippen LogP contribution in [0.1, 0.15) is 0 Å². The molecule has 0 aliphatic carbocycles. The number of hydrogen-bond acceptors (Lipinski definition) is 2. The van der Waals surface area contributed by atoms with Gasteiger partial charge < -0.3 is 4.90 Å². The van der Waals surface area contributed by atoms with Crippen molar-refractivity contribution in [3.05, 3.63) is 20.4 Å². The maximum atomic E-state index is 4.26. The van der Waals surface area contributed by atoms with Crippen molar-refractivity contribution >= 4 is 44.2 Å². The van der Waals surface area contributed by atoms with E-state index in [1.165, 1.54) is 0 Å². The fourth-order valence-corrected chi connectivity index (χ4v) is 2.30. The molecule has 1 heterocycles. The van der Waals surface area contributed by atoms with Crippen LogP contribution in [0.25, 0.3) is 0 Å². The van der Waals surface area contributed by atoms with Crippen molar-refractivity contribution in [1.29, 1.82) is 0 Å². The lowest BCUT2D eigenvalue weighted by Crippen LogP contribution is -2.10. The highest BCUT2D eigenvalue weighted by atomic mass is 127. The van der Waals surface area contributed by atoms with Crippen LogP contribution < -0.4 is 4.90 Å². The van der Waals surface area contributed by atoms with Gasteiger partial charge >= 0.3 is 0 Å². The third kappa shape index (κ3) is 2.30. The van der Waals surface area contributed by atoms with E-state index in [0.717, 1.165) is 14.0 Å². The van der Waals surface area contributed by atoms with Crippen LogP contribution in [0.5, 0.6) is 0 Å². The van der Waals surface area contributed by atoms with Crippen LogP contribution in [0.3, 0.4) is 0 Å². The van der Waals surface area contributed by atoms with E-state index in [0.29, 0.717) is 0 Å². The lowest BCUT2D eigenvalue weighted by Gasteiger charge is -2.13. The van der Waals surface area contributed by atoms with Crippen molar-refractivity contribution in [2.24, 2.45) is 0 Å². The summed E-state index contributed by atoms with van der Waals surface area (Å²) in [5.74, 6) is 0. The lowest BCUT2D eigenvalue weighted by atomic mass is 10.4. The lowest BCUT2D eigenvalue weighted by molar-refractivity contribution is 1.08. The third-order valence-electron chi connectivity index (χ3n) is 1.28. The van der Waals surface area contributed by atoms with Gasteiger partial charge in [-0.1, -0.05) is 0 Å². The summed E-state index contributed by atoms with van der Waals surface area (Å²) >= 11 is 5.53. The molecule has 1 aromatic heterocycles. The molecule has 0 spiro atoms. The number of aromatic nitrogens is 1. The fourth-order valence-electron chi connectivity index (χ4n) is 0.738. The molecule has 1 aromatic rings. The second-order valence-corrected chi connectivity index (χ2v) is 4.17. The highest BCUT2D eigenvalue weighted by Crippen LogP contribution is 2.20. The molecule has 0 aliphatic heterocycles. The van der Waals surface area contributed by atoms with Crippen LogP contribution in [-0.2, 0) is 0 Å². The fraction of sp³-hybridized carbons (Fsp3) is 0.286. The molecule has 0 amide bonds. The molecule has 0 unspecified atom stereocenters. The molecule has 4 heteroatoms. The molecule has 0 aliphatic rings. The van der Waals surface area contributed by atoms with Crippen molar-refractivity contribution < 1.29 is 0 Å². The highest BCUT2D eigenvalue weighted by molar-refractivity contribution is 14.1. The van der Waals surface area contributed by atoms with Crippen molar-refractivity contribution in [3.63, 3.8) is 0 Å². The van der Waals surface area contributed by atoms with E-state index in [9.17, 15) is 0 Å². The Morgan fingerprint density at radius 1 is 1.45 bits per heavy atom. The van der Waals surface area contributed by atoms with Crippen LogP contribution >= 0.6 is 38.5 Å². The second kappa shape index (κ2) is 3.71. The van der Waals surface area contributed by atoms with E-state index in [4.69, 9.17) is 0 Å². The Kier molecular flexibility index (Phi) is 3.12. The van der Waals surface area contributed by atoms with Gasteiger partial charge in [0.15, 0.2) is 0 Å². The molecule has 0 saturated carbocycles. The van der Waals surface area contributed by atoms with Gasteiger partial charge in [0.1, 0.15) is 8.30 Å². The average molecular weight is 327 g/mol. The van der Waals surface area contributed by atoms with Crippen LogP contribution in [-0.4, -0.2) is 19.1 Å². The van der Waals surface area contributed by atoms with Crippen molar-refractivity contribution in [3.8, 4) is 0 Å². The molecular weight excluding hydrogens is 319 g/mol. The Hall–Kier alpha value is 0.160. The largest absolute Gasteiger partial charge is 0.376 e. The summed E-state index contributed by atoms with van der Waals surface area (Å²) in [5, 5.41) is 0. The Labute approximate surface area is 88.3 Å². The normalized spacial score (nSPS) is 9.82. The Morgan fingerprint density at radius 2 is 2.09 bits per heavy atom. The van der Waals surface area contributed by atoms with Gasteiger partial charge in [-0.3, -0.25) is 0 Å². The minimum atomic E-state index is 0.882. The molecule has 1 rings (SSSR count). The van der Waals surface area contributed by atoms with Gasteiger partial charge in [0.05, 0.1) is 5.69 Å². The van der Waals surface area contributed by atoms with Gasteiger partial charge in [-0.25, -0.2) is 4.98 Å². The zero-order chi connectivity index (χ0) is 8.43. The molecule has 2 nitrogen and oxygen atoms in total. The van der Waals surface area contributed by atoms with Gasteiger partial charge in [0, 0.05) is 14.1 Å². The Bertz CT molecular complexity index is 263. The molecule has 0 N–H and O–H groups in total. The maximum Gasteiger partial charge on any atom is 0.125 e. The molecule has 0 saturated heterocycles. The van der Waals surface area contributed by atoms with Crippen LogP contribution in [0.2, 0.25) is 0 Å². The maximum absolute atomic E-state index is 4.26. The zero-order valence-corrected chi connectivity index (χ0v) is 10.0. The van der Waals surface area contributed by atoms with E-state index >= 15 is 0 Å². The quantitative estimate of drug-likeness (QED) is 0.582. The third-order valence-corrected chi connectivity index (χ3v) is 2.51. The van der Waals surface area contributed by atoms with Gasteiger partial charge in [0.25, 0.3) is 0 Å². The van der Waals surface area contributed by atoms with E-state index in [-0.39, 0.29) is 0 Å². The number of pyridine rings is 1. The predicted octanol–water partition coefficient (Wildman–Crippen LogP) is 2.51. The molecular formula is C7H8BrIN2. The van der Waals surface area contributed by atoms with Crippen molar-refractivity contribution in [2.75, 3.05) is 19.0 Å². The number of anilines is 1. The summed E-state index contributed by atoms with van der Waals surface area (Å²) in [7, 11) is 4.01. The van der Waals surface area contributed by atoms with Crippen molar-refractivity contribution in [2.45, 2.75) is 0 Å². The monoisotopic (exact) mass is 326 g/mol. The first-order valence-corrected chi connectivity index (χ1v) is 4.98. The molecule has 11 heavy (non-hydrogen) atoms. The van der Waals surface area contributed by atoms with Gasteiger partial charge in [-0.2, -0.15) is 0 Å². The van der Waals surface area contributed by atoms with Gasteiger partial charge in [-0.15, -0.1) is 0 Å². The first kappa shape index (κ1) is 9.25. The molecule has 0 radical (unpaired) electrons. The smallest absolute Gasteiger partial charge is 0.125 e. The summed E-state index contributed by atoms with van der Waals surface area (Å²) in [5.41, 5.74) is 1.15. The number of halogens is 2. The van der Waals surface area contributed by atoms with Crippen LogP contribution in [0.4, 0.5) is 5.69 Å². The minimum absolute atomic E-state index is 0.882. The van der Waals surface area contributed by atoms with E-state index in [2.05, 4.69) is 43.5 Å². The van der Waals surface area contributed by atoms with E-state index in [1.54, 1.807) is 0 Å². The molecule has 0 fully saturated rings. The summed E-state index contributed by atoms with van der Waals surface area (Å²) in [6.45, 7) is 0. The predicted molar refractivity (Wildman–Crippen MR) is 59.0 cm³/mol. The summed E-state index contributed by atoms with van der Waals surface area (Å²) in [6, 6.07) is 3.98. The highest BCUT2D eigenvalue weighted by Gasteiger charge is 2.02. The summed E-state index contributed by atoms with van der Waals surface area (Å²) in [6.07, 6.45) is 0. The van der Waals surface area contributed by atoms with Crippen LogP contribution in [0, 0.1) is 3.70 Å². The zero-order valence-electron chi connectivity index (χ0n) is 6.31. The minimum Gasteiger partial charge on any atom is -0.376 e. The molecule has 0 bridgehead atoms. The Balaban J connectivity index is 3.09. The number of hydrogen-bond donors (Lipinski definition) is 0. The first-order valence-electron chi connectivity index (χ1n) is 3.10. The second-order valence-electron chi connectivity index (χ2n) is 2.34. The van der Waals surface area contributed by atoms with Gasteiger partial charge in [0.2, 0.25) is 0 Å². The number of nitrogens with zero attached hydrogens (tertiary/aromatic N) is 2. The molecule has 0 atom stereocenters. The number of rotatable bonds is 1. The van der Waals surface area contributed by atoms with Gasteiger partial charge in [-0.05, 0) is 50.7 Å².